The summed E-state index contributed by atoms with van der Waals surface area (Å²) in [6.45, 7) is 4.31. The third-order valence-corrected chi connectivity index (χ3v) is 8.04. The van der Waals surface area contributed by atoms with Gasteiger partial charge in [-0.1, -0.05) is 60.1 Å². The van der Waals surface area contributed by atoms with E-state index < -0.39 is 0 Å². The van der Waals surface area contributed by atoms with Crippen LogP contribution in [0.15, 0.2) is 71.2 Å². The summed E-state index contributed by atoms with van der Waals surface area (Å²) in [5.41, 5.74) is 7.26. The summed E-state index contributed by atoms with van der Waals surface area (Å²) >= 11 is 9.74. The fourth-order valence-electron chi connectivity index (χ4n) is 5.44. The highest BCUT2D eigenvalue weighted by Crippen LogP contribution is 2.44. The standard InChI is InChI=1S/C29H26BrN3O2S/c1-16(2)20-6-4-5-7-24(20)33-28(34)25-15-22-21-14-18(30)10-13-23(21)31-26(22)27(32(25)29(33)36)17-8-11-19(35-3)12-9-17/h4-14,16,27,31,34H,15H2,1-3H3. The monoisotopic (exact) mass is 559 g/mol. The first-order valence-corrected chi connectivity index (χ1v) is 13.2. The van der Waals surface area contributed by atoms with E-state index in [2.05, 4.69) is 69.7 Å². The summed E-state index contributed by atoms with van der Waals surface area (Å²) in [7, 11) is 1.67. The maximum Gasteiger partial charge on any atom is 0.218 e. The van der Waals surface area contributed by atoms with Crippen LogP contribution in [0, 0.1) is 4.77 Å². The highest BCUT2D eigenvalue weighted by Gasteiger charge is 2.35. The van der Waals surface area contributed by atoms with E-state index >= 15 is 0 Å². The van der Waals surface area contributed by atoms with E-state index in [0.29, 0.717) is 11.2 Å². The van der Waals surface area contributed by atoms with E-state index in [1.54, 1.807) is 7.11 Å². The predicted octanol–water partition coefficient (Wildman–Crippen LogP) is 7.63. The number of halogens is 1. The van der Waals surface area contributed by atoms with Gasteiger partial charge in [0.25, 0.3) is 0 Å². The van der Waals surface area contributed by atoms with Crippen molar-refractivity contribution in [2.45, 2.75) is 32.2 Å². The number of hydrogen-bond donors (Lipinski definition) is 2. The lowest BCUT2D eigenvalue weighted by molar-refractivity contribution is 0.414. The smallest absolute Gasteiger partial charge is 0.218 e. The maximum atomic E-state index is 11.7. The van der Waals surface area contributed by atoms with Gasteiger partial charge >= 0.3 is 0 Å². The summed E-state index contributed by atoms with van der Waals surface area (Å²) in [5, 5.41) is 12.8. The van der Waals surface area contributed by atoms with Gasteiger partial charge in [-0.15, -0.1) is 0 Å². The SMILES string of the molecule is COc1ccc(C2c3[nH]c4ccc(Br)cc4c3Cc3c(O)n(-c4ccccc4C(C)C)c(=S)n32)cc1. The molecule has 1 aliphatic heterocycles. The number of hydrogen-bond acceptors (Lipinski definition) is 3. The summed E-state index contributed by atoms with van der Waals surface area (Å²) in [6.07, 6.45) is 0.574. The fraction of sp³-hybridized carbons (Fsp3) is 0.207. The Morgan fingerprint density at radius 1 is 1.08 bits per heavy atom. The van der Waals surface area contributed by atoms with Gasteiger partial charge in [0, 0.05) is 27.5 Å². The molecule has 0 saturated carbocycles. The molecule has 2 aromatic heterocycles. The molecule has 0 fully saturated rings. The van der Waals surface area contributed by atoms with Crippen molar-refractivity contribution in [3.05, 3.63) is 104 Å². The minimum atomic E-state index is -0.216. The highest BCUT2D eigenvalue weighted by atomic mass is 79.9. The number of nitrogens with zero attached hydrogens (tertiary/aromatic N) is 2. The van der Waals surface area contributed by atoms with E-state index in [-0.39, 0.29) is 17.8 Å². The van der Waals surface area contributed by atoms with Crippen LogP contribution in [0.1, 0.15) is 53.9 Å². The number of methoxy groups -OCH3 is 1. The molecule has 182 valence electrons. The van der Waals surface area contributed by atoms with Gasteiger partial charge in [-0.3, -0.25) is 4.57 Å². The molecule has 7 heteroatoms. The molecule has 3 aromatic carbocycles. The molecular formula is C29H26BrN3O2S. The first-order chi connectivity index (χ1) is 17.4. The molecule has 5 nitrogen and oxygen atoms in total. The zero-order valence-corrected chi connectivity index (χ0v) is 22.7. The number of aromatic amines is 1. The third-order valence-electron chi connectivity index (χ3n) is 7.17. The van der Waals surface area contributed by atoms with Crippen LogP contribution in [-0.2, 0) is 6.42 Å². The van der Waals surface area contributed by atoms with Crippen molar-refractivity contribution in [1.29, 1.82) is 0 Å². The number of rotatable bonds is 4. The molecule has 2 N–H and O–H groups in total. The van der Waals surface area contributed by atoms with Crippen LogP contribution in [0.5, 0.6) is 11.6 Å². The van der Waals surface area contributed by atoms with Crippen molar-refractivity contribution < 1.29 is 9.84 Å². The Labute approximate surface area is 223 Å². The van der Waals surface area contributed by atoms with E-state index in [9.17, 15) is 5.11 Å². The Hall–Kier alpha value is -3.29. The van der Waals surface area contributed by atoms with Gasteiger partial charge in [0.2, 0.25) is 5.88 Å². The predicted molar refractivity (Wildman–Crippen MR) is 149 cm³/mol. The Morgan fingerprint density at radius 2 is 1.83 bits per heavy atom. The van der Waals surface area contributed by atoms with Crippen molar-refractivity contribution in [3.63, 3.8) is 0 Å². The molecule has 0 bridgehead atoms. The molecule has 5 aromatic rings. The molecule has 0 amide bonds. The lowest BCUT2D eigenvalue weighted by atomic mass is 9.93. The van der Waals surface area contributed by atoms with Crippen LogP contribution >= 0.6 is 28.1 Å². The second-order valence-electron chi connectivity index (χ2n) is 9.53. The van der Waals surface area contributed by atoms with Gasteiger partial charge in [-0.05, 0) is 71.2 Å². The molecule has 0 spiro atoms. The minimum Gasteiger partial charge on any atom is -0.497 e. The zero-order valence-electron chi connectivity index (χ0n) is 20.2. The average Bonchev–Trinajstić information content (AvgIpc) is 3.36. The van der Waals surface area contributed by atoms with Crippen LogP contribution in [-0.4, -0.2) is 26.3 Å². The quantitative estimate of drug-likeness (QED) is 0.218. The first kappa shape index (κ1) is 23.1. The second kappa shape index (κ2) is 8.68. The molecule has 0 aliphatic carbocycles. The van der Waals surface area contributed by atoms with Crippen molar-refractivity contribution in [2.75, 3.05) is 7.11 Å². The van der Waals surface area contributed by atoms with E-state index in [0.717, 1.165) is 49.3 Å². The molecule has 36 heavy (non-hydrogen) atoms. The first-order valence-electron chi connectivity index (χ1n) is 12.0. The van der Waals surface area contributed by atoms with Gasteiger partial charge in [-0.25, -0.2) is 0 Å². The van der Waals surface area contributed by atoms with Crippen molar-refractivity contribution in [2.24, 2.45) is 0 Å². The van der Waals surface area contributed by atoms with Gasteiger partial charge < -0.3 is 19.4 Å². The van der Waals surface area contributed by atoms with Gasteiger partial charge in [-0.2, -0.15) is 0 Å². The van der Waals surface area contributed by atoms with Crippen LogP contribution in [0.4, 0.5) is 0 Å². The van der Waals surface area contributed by atoms with Crippen molar-refractivity contribution >= 4 is 39.1 Å². The van der Waals surface area contributed by atoms with Crippen LogP contribution in [0.3, 0.4) is 0 Å². The Balaban J connectivity index is 1.65. The number of aromatic nitrogens is 3. The largest absolute Gasteiger partial charge is 0.497 e. The molecule has 1 unspecified atom stereocenters. The van der Waals surface area contributed by atoms with Crippen LogP contribution in [0.25, 0.3) is 16.6 Å². The number of para-hydroxylation sites is 1. The Bertz CT molecular complexity index is 1680. The molecule has 0 radical (unpaired) electrons. The van der Waals surface area contributed by atoms with Crippen molar-refractivity contribution in [3.8, 4) is 17.3 Å². The van der Waals surface area contributed by atoms with E-state index in [1.807, 2.05) is 41.0 Å². The lowest BCUT2D eigenvalue weighted by Crippen LogP contribution is -2.21. The maximum absolute atomic E-state index is 11.7. The third kappa shape index (κ3) is 3.44. The molecule has 1 aliphatic rings. The minimum absolute atomic E-state index is 0.196. The van der Waals surface area contributed by atoms with E-state index in [1.165, 1.54) is 5.56 Å². The number of H-pyrrole nitrogens is 1. The number of imidazole rings is 1. The summed E-state index contributed by atoms with van der Waals surface area (Å²) in [6, 6.07) is 22.3. The number of ether oxygens (including phenoxy) is 1. The Kier molecular flexibility index (Phi) is 5.57. The molecule has 3 heterocycles. The number of benzene rings is 3. The number of fused-ring (bicyclic) bond motifs is 4. The zero-order chi connectivity index (χ0) is 25.1. The molecule has 1 atom stereocenters. The van der Waals surface area contributed by atoms with E-state index in [4.69, 9.17) is 17.0 Å². The lowest BCUT2D eigenvalue weighted by Gasteiger charge is -2.26. The highest BCUT2D eigenvalue weighted by molar-refractivity contribution is 9.10. The number of nitrogens with one attached hydrogen (secondary N) is 1. The Morgan fingerprint density at radius 3 is 2.56 bits per heavy atom. The summed E-state index contributed by atoms with van der Waals surface area (Å²) < 4.78 is 10.9. The second-order valence-corrected chi connectivity index (χ2v) is 10.8. The van der Waals surface area contributed by atoms with Crippen molar-refractivity contribution in [1.82, 2.24) is 14.1 Å². The molecular weight excluding hydrogens is 534 g/mol. The normalized spacial score (nSPS) is 14.8. The summed E-state index contributed by atoms with van der Waals surface area (Å²) in [4.78, 5) is 3.68. The topological polar surface area (TPSA) is 55.1 Å². The van der Waals surface area contributed by atoms with Gasteiger partial charge in [0.1, 0.15) is 11.8 Å². The molecule has 6 rings (SSSR count). The molecule has 0 saturated heterocycles. The van der Waals surface area contributed by atoms with Crippen LogP contribution in [0.2, 0.25) is 0 Å². The summed E-state index contributed by atoms with van der Waals surface area (Å²) in [5.74, 6) is 1.28. The number of aromatic hydroxyl groups is 1. The fourth-order valence-corrected chi connectivity index (χ4v) is 6.20. The van der Waals surface area contributed by atoms with Gasteiger partial charge in [0.05, 0.1) is 18.5 Å². The average molecular weight is 561 g/mol. The van der Waals surface area contributed by atoms with Crippen LogP contribution < -0.4 is 4.74 Å². The van der Waals surface area contributed by atoms with Gasteiger partial charge in [0.15, 0.2) is 4.77 Å².